The van der Waals surface area contributed by atoms with Gasteiger partial charge in [0.05, 0.1) is 40.9 Å². The Balaban J connectivity index is 1.40. The van der Waals surface area contributed by atoms with Crippen molar-refractivity contribution in [2.75, 3.05) is 23.9 Å². The van der Waals surface area contributed by atoms with Crippen LogP contribution in [0.15, 0.2) is 23.2 Å². The van der Waals surface area contributed by atoms with E-state index in [2.05, 4.69) is 16.2 Å². The molecule has 4 rings (SSSR count). The zero-order chi connectivity index (χ0) is 24.2. The van der Waals surface area contributed by atoms with E-state index in [9.17, 15) is 14.4 Å². The number of thiazole rings is 1. The van der Waals surface area contributed by atoms with Crippen molar-refractivity contribution in [3.8, 4) is 12.3 Å². The van der Waals surface area contributed by atoms with Crippen molar-refractivity contribution in [3.05, 3.63) is 44.6 Å². The fraction of sp³-hybridized carbons (Fsp3) is 0.333. The lowest BCUT2D eigenvalue weighted by atomic mass is 10.1. The fourth-order valence-electron chi connectivity index (χ4n) is 3.85. The van der Waals surface area contributed by atoms with E-state index in [1.807, 2.05) is 29.7 Å². The van der Waals surface area contributed by atoms with E-state index < -0.39 is 5.97 Å². The number of thiophene rings is 1. The SMILES string of the molecule is C#CCn1c(=NC(=O)CSCC(=O)Nc2sc3c(c2C(=O)OC)CCC3)sc2cc(C)ccc21. The van der Waals surface area contributed by atoms with Crippen molar-refractivity contribution in [1.82, 2.24) is 4.57 Å². The molecule has 0 radical (unpaired) electrons. The van der Waals surface area contributed by atoms with Gasteiger partial charge in [-0.2, -0.15) is 4.99 Å². The van der Waals surface area contributed by atoms with Gasteiger partial charge in [-0.1, -0.05) is 23.3 Å². The van der Waals surface area contributed by atoms with Crippen LogP contribution in [0.1, 0.15) is 32.8 Å². The van der Waals surface area contributed by atoms with Gasteiger partial charge in [-0.15, -0.1) is 29.5 Å². The number of methoxy groups -OCH3 is 1. The summed E-state index contributed by atoms with van der Waals surface area (Å²) in [5.74, 6) is 1.69. The largest absolute Gasteiger partial charge is 0.465 e. The lowest BCUT2D eigenvalue weighted by molar-refractivity contribution is -0.115. The summed E-state index contributed by atoms with van der Waals surface area (Å²) < 4.78 is 7.77. The summed E-state index contributed by atoms with van der Waals surface area (Å²) in [5.41, 5.74) is 3.50. The third kappa shape index (κ3) is 5.12. The maximum absolute atomic E-state index is 12.5. The molecule has 1 aromatic carbocycles. The number of aryl methyl sites for hydroxylation is 2. The summed E-state index contributed by atoms with van der Waals surface area (Å²) in [5, 5.41) is 3.34. The molecule has 0 bridgehead atoms. The Kier molecular flexibility index (Phi) is 7.56. The highest BCUT2D eigenvalue weighted by Gasteiger charge is 2.28. The number of terminal acetylenes is 1. The van der Waals surface area contributed by atoms with Gasteiger partial charge in [-0.05, 0) is 49.4 Å². The summed E-state index contributed by atoms with van der Waals surface area (Å²) in [6.07, 6.45) is 8.23. The molecule has 176 valence electrons. The average Bonchev–Trinajstić information content (AvgIpc) is 3.46. The van der Waals surface area contributed by atoms with Crippen LogP contribution in [-0.4, -0.2) is 41.0 Å². The monoisotopic (exact) mass is 513 g/mol. The van der Waals surface area contributed by atoms with E-state index in [0.717, 1.165) is 45.5 Å². The van der Waals surface area contributed by atoms with Crippen LogP contribution in [0, 0.1) is 19.3 Å². The van der Waals surface area contributed by atoms with E-state index in [4.69, 9.17) is 11.2 Å². The Morgan fingerprint density at radius 1 is 1.26 bits per heavy atom. The minimum Gasteiger partial charge on any atom is -0.465 e. The molecule has 1 aliphatic rings. The number of carbonyl (C=O) groups is 3. The smallest absolute Gasteiger partial charge is 0.341 e. The molecule has 7 nitrogen and oxygen atoms in total. The number of fused-ring (bicyclic) bond motifs is 2. The Labute approximate surface area is 209 Å². The van der Waals surface area contributed by atoms with Gasteiger partial charge in [0.25, 0.3) is 5.91 Å². The van der Waals surface area contributed by atoms with Gasteiger partial charge in [0.1, 0.15) is 5.00 Å². The highest BCUT2D eigenvalue weighted by molar-refractivity contribution is 8.00. The summed E-state index contributed by atoms with van der Waals surface area (Å²) in [7, 11) is 1.34. The molecule has 2 heterocycles. The van der Waals surface area contributed by atoms with Crippen LogP contribution in [0.2, 0.25) is 0 Å². The van der Waals surface area contributed by atoms with Gasteiger partial charge in [0, 0.05) is 4.88 Å². The van der Waals surface area contributed by atoms with E-state index in [-0.39, 0.29) is 23.3 Å². The second kappa shape index (κ2) is 10.6. The highest BCUT2D eigenvalue weighted by atomic mass is 32.2. The third-order valence-corrected chi connectivity index (χ3v) is 8.50. The fourth-order valence-corrected chi connectivity index (χ4v) is 6.89. The second-order valence-corrected chi connectivity index (χ2v) is 10.8. The minimum atomic E-state index is -0.435. The number of anilines is 1. The van der Waals surface area contributed by atoms with Gasteiger partial charge in [-0.3, -0.25) is 9.59 Å². The van der Waals surface area contributed by atoms with Gasteiger partial charge in [0.2, 0.25) is 5.91 Å². The predicted molar refractivity (Wildman–Crippen MR) is 138 cm³/mol. The number of thioether (sulfide) groups is 1. The van der Waals surface area contributed by atoms with Crippen LogP contribution in [0.4, 0.5) is 5.00 Å². The number of hydrogen-bond acceptors (Lipinski definition) is 7. The highest BCUT2D eigenvalue weighted by Crippen LogP contribution is 2.39. The molecule has 0 atom stereocenters. The first-order chi connectivity index (χ1) is 16.4. The Morgan fingerprint density at radius 2 is 2.09 bits per heavy atom. The number of ether oxygens (including phenoxy) is 1. The molecule has 0 saturated carbocycles. The summed E-state index contributed by atoms with van der Waals surface area (Å²) in [4.78, 5) is 43.1. The van der Waals surface area contributed by atoms with Crippen molar-refractivity contribution in [3.63, 3.8) is 0 Å². The summed E-state index contributed by atoms with van der Waals surface area (Å²) >= 11 is 4.02. The van der Waals surface area contributed by atoms with E-state index >= 15 is 0 Å². The third-order valence-electron chi connectivity index (χ3n) is 5.33. The molecule has 3 aromatic rings. The Hall–Kier alpha value is -2.87. The normalized spacial score (nSPS) is 13.0. The molecular weight excluding hydrogens is 490 g/mol. The molecule has 0 fully saturated rings. The first-order valence-electron chi connectivity index (χ1n) is 10.6. The zero-order valence-corrected chi connectivity index (χ0v) is 21.3. The van der Waals surface area contributed by atoms with Crippen molar-refractivity contribution >= 4 is 67.4 Å². The Bertz CT molecular complexity index is 1390. The molecule has 0 unspecified atom stereocenters. The number of nitrogens with zero attached hydrogens (tertiary/aromatic N) is 2. The lowest BCUT2D eigenvalue weighted by Gasteiger charge is -2.06. The van der Waals surface area contributed by atoms with Crippen LogP contribution < -0.4 is 10.1 Å². The molecule has 1 aliphatic carbocycles. The number of aromatic nitrogens is 1. The standard InChI is InChI=1S/C24H23N3O4S3/c1-4-10-27-16-9-8-14(2)11-18(16)34-24(27)26-20(29)13-32-12-19(28)25-22-21(23(30)31-3)15-6-5-7-17(15)33-22/h1,8-9,11H,5-7,10,12-13H2,2-3H3,(H,25,28). The molecule has 0 spiro atoms. The Morgan fingerprint density at radius 3 is 2.85 bits per heavy atom. The van der Waals surface area contributed by atoms with Crippen molar-refractivity contribution < 1.29 is 19.1 Å². The van der Waals surface area contributed by atoms with E-state index in [1.165, 1.54) is 41.5 Å². The number of benzene rings is 1. The number of nitrogens with one attached hydrogen (secondary N) is 1. The number of rotatable bonds is 7. The lowest BCUT2D eigenvalue weighted by Crippen LogP contribution is -2.19. The van der Waals surface area contributed by atoms with Gasteiger partial charge in [0.15, 0.2) is 4.80 Å². The summed E-state index contributed by atoms with van der Waals surface area (Å²) in [6, 6.07) is 6.01. The van der Waals surface area contributed by atoms with Crippen LogP contribution in [0.5, 0.6) is 0 Å². The van der Waals surface area contributed by atoms with E-state index in [1.54, 1.807) is 0 Å². The number of esters is 1. The van der Waals surface area contributed by atoms with Crippen molar-refractivity contribution in [2.45, 2.75) is 32.7 Å². The number of amides is 2. The van der Waals surface area contributed by atoms with E-state index in [0.29, 0.717) is 21.9 Å². The molecule has 0 aliphatic heterocycles. The minimum absolute atomic E-state index is 0.0571. The second-order valence-electron chi connectivity index (χ2n) is 7.75. The first kappa shape index (κ1) is 24.3. The number of hydrogen-bond donors (Lipinski definition) is 1. The maximum atomic E-state index is 12.5. The molecule has 10 heteroatoms. The van der Waals surface area contributed by atoms with Crippen LogP contribution in [0.3, 0.4) is 0 Å². The van der Waals surface area contributed by atoms with Gasteiger partial charge >= 0.3 is 5.97 Å². The molecule has 0 saturated heterocycles. The maximum Gasteiger partial charge on any atom is 0.341 e. The van der Waals surface area contributed by atoms with Crippen LogP contribution in [-0.2, 0) is 33.7 Å². The molecule has 2 amide bonds. The first-order valence-corrected chi connectivity index (χ1v) is 13.4. The number of carbonyl (C=O) groups excluding carboxylic acids is 3. The quantitative estimate of drug-likeness (QED) is 0.384. The van der Waals surface area contributed by atoms with Crippen molar-refractivity contribution in [1.29, 1.82) is 0 Å². The zero-order valence-electron chi connectivity index (χ0n) is 18.8. The molecular formula is C24H23N3O4S3. The van der Waals surface area contributed by atoms with Crippen molar-refractivity contribution in [2.24, 2.45) is 4.99 Å². The summed E-state index contributed by atoms with van der Waals surface area (Å²) in [6.45, 7) is 2.32. The molecule has 1 N–H and O–H groups in total. The predicted octanol–water partition coefficient (Wildman–Crippen LogP) is 3.78. The van der Waals surface area contributed by atoms with Gasteiger partial charge < -0.3 is 14.6 Å². The van der Waals surface area contributed by atoms with Crippen LogP contribution in [0.25, 0.3) is 10.2 Å². The average molecular weight is 514 g/mol. The van der Waals surface area contributed by atoms with Gasteiger partial charge in [-0.25, -0.2) is 4.79 Å². The topological polar surface area (TPSA) is 89.8 Å². The van der Waals surface area contributed by atoms with Crippen LogP contribution >= 0.6 is 34.4 Å². The molecule has 34 heavy (non-hydrogen) atoms. The molecule has 2 aromatic heterocycles.